The van der Waals surface area contributed by atoms with Crippen molar-refractivity contribution < 1.29 is 36.3 Å². The maximum Gasteiger partial charge on any atom is 0.289 e. The van der Waals surface area contributed by atoms with Crippen molar-refractivity contribution in [2.24, 2.45) is 0 Å². The van der Waals surface area contributed by atoms with Gasteiger partial charge in [0.15, 0.2) is 11.1 Å². The summed E-state index contributed by atoms with van der Waals surface area (Å²) in [5.74, 6) is 0. The molecular weight excluding hydrogens is 652 g/mol. The lowest BCUT2D eigenvalue weighted by molar-refractivity contribution is -0.387. The van der Waals surface area contributed by atoms with E-state index >= 15 is 0 Å². The van der Waals surface area contributed by atoms with Gasteiger partial charge >= 0.3 is 0 Å². The van der Waals surface area contributed by atoms with Crippen molar-refractivity contribution in [2.75, 3.05) is 37.0 Å². The van der Waals surface area contributed by atoms with Gasteiger partial charge in [-0.1, -0.05) is 12.1 Å². The Morgan fingerprint density at radius 2 is 1.89 bits per heavy atom. The number of nitro groups is 1. The van der Waals surface area contributed by atoms with Gasteiger partial charge in [-0.15, -0.1) is 0 Å². The van der Waals surface area contributed by atoms with Gasteiger partial charge in [-0.2, -0.15) is 5.10 Å². The first kappa shape index (κ1) is 34.3. The molecule has 4 aromatic rings. The number of ether oxygens (including phenoxy) is 2. The molecule has 5 rings (SSSR count). The van der Waals surface area contributed by atoms with Crippen LogP contribution in [0.1, 0.15) is 44.5 Å². The van der Waals surface area contributed by atoms with Crippen LogP contribution in [0.5, 0.6) is 0 Å². The number of sulfone groups is 1. The van der Waals surface area contributed by atoms with Crippen molar-refractivity contribution in [3.63, 3.8) is 0 Å². The van der Waals surface area contributed by atoms with Gasteiger partial charge in [0.25, 0.3) is 15.7 Å². The lowest BCUT2D eigenvalue weighted by atomic mass is 10.1. The fraction of sp³-hybridized carbons (Fsp3) is 0.433. The van der Waals surface area contributed by atoms with Crippen molar-refractivity contribution >= 4 is 42.1 Å². The Bertz CT molecular complexity index is 1990. The molecule has 1 N–H and O–H groups in total. The number of nitro benzene ring substituents is 1. The number of aliphatic hydroxyl groups excluding tert-OH is 1. The molecule has 3 heterocycles. The number of aliphatic hydroxyl groups is 1. The quantitative estimate of drug-likeness (QED) is 0.0925. The summed E-state index contributed by atoms with van der Waals surface area (Å²) < 4.78 is 67.8. The maximum atomic E-state index is 14.3. The average Bonchev–Trinajstić information content (AvgIpc) is 3.42. The molecule has 0 aliphatic carbocycles. The van der Waals surface area contributed by atoms with Crippen molar-refractivity contribution in [1.82, 2.24) is 19.7 Å². The maximum absolute atomic E-state index is 14.3. The van der Waals surface area contributed by atoms with Gasteiger partial charge in [0.05, 0.1) is 35.0 Å². The van der Waals surface area contributed by atoms with E-state index < -0.39 is 47.6 Å². The number of anilines is 1. The van der Waals surface area contributed by atoms with Crippen molar-refractivity contribution in [2.45, 2.75) is 61.9 Å². The summed E-state index contributed by atoms with van der Waals surface area (Å²) in [4.78, 5) is 19.1. The molecule has 0 radical (unpaired) electrons. The molecule has 1 unspecified atom stereocenters. The van der Waals surface area contributed by atoms with Gasteiger partial charge in [0, 0.05) is 42.7 Å². The van der Waals surface area contributed by atoms with Gasteiger partial charge in [0.2, 0.25) is 15.0 Å². The standard InChI is InChI=1S/C30H36N6O9S2/c1-20-18-24(32-30(31-20)46(3,40)41)29-23-19-22(11-12-25(23)34(33-29)28-10-6-7-15-45-28)35(21(2)13-16-44-17-14-37)47(42,43)27-9-5-4-8-26(27)36(38)39/h4-5,8-9,11-12,18-19,21,28,37H,6-7,10,13-17H2,1-3H3/t21-,28?/m0/s1. The van der Waals surface area contributed by atoms with Crippen LogP contribution in [-0.4, -0.2) is 85.3 Å². The molecule has 0 amide bonds. The van der Waals surface area contributed by atoms with Crippen LogP contribution >= 0.6 is 0 Å². The number of sulfonamides is 1. The fourth-order valence-corrected chi connectivity index (χ4v) is 7.93. The molecule has 15 nitrogen and oxygen atoms in total. The van der Waals surface area contributed by atoms with E-state index in [-0.39, 0.29) is 48.5 Å². The zero-order chi connectivity index (χ0) is 33.9. The molecule has 252 valence electrons. The van der Waals surface area contributed by atoms with E-state index in [9.17, 15) is 26.9 Å². The molecule has 47 heavy (non-hydrogen) atoms. The summed E-state index contributed by atoms with van der Waals surface area (Å²) in [7, 11) is -8.32. The van der Waals surface area contributed by atoms with Gasteiger partial charge in [-0.05, 0) is 69.9 Å². The van der Waals surface area contributed by atoms with Crippen LogP contribution in [0, 0.1) is 17.0 Å². The molecule has 2 atom stereocenters. The van der Waals surface area contributed by atoms with Gasteiger partial charge < -0.3 is 14.6 Å². The topological polar surface area (TPSA) is 197 Å². The Kier molecular flexibility index (Phi) is 10.2. The molecule has 2 aromatic heterocycles. The van der Waals surface area contributed by atoms with Crippen molar-refractivity contribution in [3.8, 4) is 11.4 Å². The van der Waals surface area contributed by atoms with E-state index in [2.05, 4.69) is 9.97 Å². The SMILES string of the molecule is Cc1cc(-c2nn(C3CCCCO3)c3ccc(N([C@@H](C)CCOCCO)S(=O)(=O)c4ccccc4[N+](=O)[O-])cc23)nc(S(C)(=O)=O)n1. The molecule has 0 spiro atoms. The summed E-state index contributed by atoms with van der Waals surface area (Å²) in [6.45, 7) is 3.80. The first-order valence-corrected chi connectivity index (χ1v) is 18.3. The molecule has 1 aliphatic heterocycles. The Hall–Kier alpha value is -4.03. The highest BCUT2D eigenvalue weighted by Gasteiger charge is 2.35. The van der Waals surface area contributed by atoms with Crippen LogP contribution in [0.3, 0.4) is 0 Å². The Balaban J connectivity index is 1.73. The van der Waals surface area contributed by atoms with E-state index in [1.807, 2.05) is 0 Å². The zero-order valence-electron chi connectivity index (χ0n) is 26.1. The molecule has 1 aliphatic rings. The van der Waals surface area contributed by atoms with E-state index in [1.54, 1.807) is 42.8 Å². The van der Waals surface area contributed by atoms with Crippen molar-refractivity contribution in [1.29, 1.82) is 0 Å². The summed E-state index contributed by atoms with van der Waals surface area (Å²) in [5, 5.41) is 25.9. The van der Waals surface area contributed by atoms with E-state index in [0.29, 0.717) is 29.6 Å². The van der Waals surface area contributed by atoms with E-state index in [4.69, 9.17) is 19.7 Å². The third kappa shape index (κ3) is 7.28. The average molecular weight is 689 g/mol. The molecule has 1 saturated heterocycles. The lowest BCUT2D eigenvalue weighted by Gasteiger charge is -2.30. The predicted molar refractivity (Wildman–Crippen MR) is 172 cm³/mol. The summed E-state index contributed by atoms with van der Waals surface area (Å²) in [5.41, 5.74) is 1.09. The van der Waals surface area contributed by atoms with E-state index in [1.165, 1.54) is 18.2 Å². The van der Waals surface area contributed by atoms with Crippen LogP contribution in [0.25, 0.3) is 22.3 Å². The minimum Gasteiger partial charge on any atom is -0.394 e. The predicted octanol–water partition coefficient (Wildman–Crippen LogP) is 3.80. The number of fused-ring (bicyclic) bond motifs is 1. The first-order chi connectivity index (χ1) is 22.3. The van der Waals surface area contributed by atoms with E-state index in [0.717, 1.165) is 29.5 Å². The summed E-state index contributed by atoms with van der Waals surface area (Å²) in [6.07, 6.45) is 3.27. The van der Waals surface area contributed by atoms with Crippen molar-refractivity contribution in [3.05, 3.63) is 64.3 Å². The molecule has 1 fully saturated rings. The number of nitrogens with zero attached hydrogens (tertiary/aromatic N) is 6. The largest absolute Gasteiger partial charge is 0.394 e. The molecular formula is C30H36N6O9S2. The third-order valence-corrected chi connectivity index (χ3v) is 10.5. The van der Waals surface area contributed by atoms with Crippen LogP contribution < -0.4 is 4.31 Å². The van der Waals surface area contributed by atoms with Crippen LogP contribution in [0.2, 0.25) is 0 Å². The molecule has 0 saturated carbocycles. The van der Waals surface area contributed by atoms with Gasteiger partial charge in [-0.25, -0.2) is 31.5 Å². The first-order valence-electron chi connectivity index (χ1n) is 15.0. The molecule has 2 aromatic carbocycles. The van der Waals surface area contributed by atoms with Crippen LogP contribution in [0.4, 0.5) is 11.4 Å². The summed E-state index contributed by atoms with van der Waals surface area (Å²) in [6, 6.07) is 10.9. The number of aryl methyl sites for hydroxylation is 1. The minimum absolute atomic E-state index is 0.0647. The summed E-state index contributed by atoms with van der Waals surface area (Å²) >= 11 is 0. The molecule has 17 heteroatoms. The second-order valence-electron chi connectivity index (χ2n) is 11.3. The monoisotopic (exact) mass is 688 g/mol. The third-order valence-electron chi connectivity index (χ3n) is 7.70. The molecule has 0 bridgehead atoms. The number of para-hydroxylation sites is 1. The number of aromatic nitrogens is 4. The number of benzene rings is 2. The highest BCUT2D eigenvalue weighted by molar-refractivity contribution is 7.93. The second-order valence-corrected chi connectivity index (χ2v) is 15.0. The normalized spacial score (nSPS) is 16.3. The Morgan fingerprint density at radius 1 is 1.13 bits per heavy atom. The zero-order valence-corrected chi connectivity index (χ0v) is 27.8. The highest BCUT2D eigenvalue weighted by Crippen LogP contribution is 2.38. The Labute approximate surface area is 272 Å². The highest BCUT2D eigenvalue weighted by atomic mass is 32.2. The minimum atomic E-state index is -4.53. The van der Waals surface area contributed by atoms with Crippen LogP contribution in [-0.2, 0) is 29.3 Å². The number of hydrogen-bond donors (Lipinski definition) is 1. The Morgan fingerprint density at radius 3 is 2.57 bits per heavy atom. The van der Waals surface area contributed by atoms with Gasteiger partial charge in [-0.3, -0.25) is 14.4 Å². The lowest BCUT2D eigenvalue weighted by Crippen LogP contribution is -2.39. The number of hydrogen-bond acceptors (Lipinski definition) is 12. The fourth-order valence-electron chi connectivity index (χ4n) is 5.52. The number of rotatable bonds is 13. The second kappa shape index (κ2) is 14.0. The van der Waals surface area contributed by atoms with Crippen LogP contribution in [0.15, 0.2) is 58.6 Å². The van der Waals surface area contributed by atoms with Gasteiger partial charge in [0.1, 0.15) is 5.69 Å². The smallest absolute Gasteiger partial charge is 0.289 e.